The molecule has 1 aromatic carbocycles. The number of anilines is 1. The van der Waals surface area contributed by atoms with Gasteiger partial charge in [0, 0.05) is 17.3 Å². The molecular formula is C28H35ClN2O6. The number of likely N-dealkylation sites (tertiary alicyclic amines) is 1. The van der Waals surface area contributed by atoms with Crippen LogP contribution in [0.1, 0.15) is 39.5 Å². The summed E-state index contributed by atoms with van der Waals surface area (Å²) < 4.78 is 12.3. The minimum atomic E-state index is -1.21. The summed E-state index contributed by atoms with van der Waals surface area (Å²) in [6, 6.07) is 5.16. The Kier molecular flexibility index (Phi) is 7.83. The molecule has 0 aromatic heterocycles. The van der Waals surface area contributed by atoms with E-state index in [0.29, 0.717) is 36.4 Å². The van der Waals surface area contributed by atoms with E-state index in [4.69, 9.17) is 21.1 Å². The van der Waals surface area contributed by atoms with E-state index in [1.165, 1.54) is 4.90 Å². The molecule has 1 aromatic rings. The van der Waals surface area contributed by atoms with Gasteiger partial charge >= 0.3 is 5.97 Å². The van der Waals surface area contributed by atoms with Crippen molar-refractivity contribution in [2.24, 2.45) is 11.8 Å². The maximum Gasteiger partial charge on any atom is 0.312 e. The van der Waals surface area contributed by atoms with Gasteiger partial charge < -0.3 is 24.4 Å². The summed E-state index contributed by atoms with van der Waals surface area (Å²) >= 11 is 6.07. The molecule has 3 aliphatic rings. The van der Waals surface area contributed by atoms with Crippen LogP contribution in [0.5, 0.6) is 0 Å². The number of carbonyl (C=O) groups excluding carboxylic acids is 3. The number of aliphatic hydroxyl groups excluding tert-OH is 1. The van der Waals surface area contributed by atoms with E-state index in [2.05, 4.69) is 13.2 Å². The second-order valence-corrected chi connectivity index (χ2v) is 10.5. The number of nitrogens with zero attached hydrogens (tertiary/aromatic N) is 2. The highest BCUT2D eigenvalue weighted by atomic mass is 35.5. The third kappa shape index (κ3) is 4.29. The first-order valence-corrected chi connectivity index (χ1v) is 13.2. The lowest BCUT2D eigenvalue weighted by molar-refractivity contribution is -0.161. The molecule has 0 saturated carbocycles. The highest BCUT2D eigenvalue weighted by molar-refractivity contribution is 6.30. The molecule has 1 N–H and O–H groups in total. The number of carbonyl (C=O) groups is 3. The first kappa shape index (κ1) is 27.4. The van der Waals surface area contributed by atoms with Crippen molar-refractivity contribution in [1.29, 1.82) is 0 Å². The summed E-state index contributed by atoms with van der Waals surface area (Å²) in [7, 11) is 0. The van der Waals surface area contributed by atoms with Crippen molar-refractivity contribution in [3.63, 3.8) is 0 Å². The predicted octanol–water partition coefficient (Wildman–Crippen LogP) is 3.51. The van der Waals surface area contributed by atoms with E-state index in [9.17, 15) is 19.5 Å². The Bertz CT molecular complexity index is 1080. The zero-order valence-corrected chi connectivity index (χ0v) is 22.2. The molecule has 0 aliphatic carbocycles. The van der Waals surface area contributed by atoms with E-state index in [1.807, 2.05) is 6.92 Å². The zero-order chi connectivity index (χ0) is 27.0. The first-order valence-electron chi connectivity index (χ1n) is 12.8. The Hall–Kier alpha value is -2.68. The SMILES string of the molecule is C=CCCOC(=O)[C@H]1[C@H]2C(=O)N([C@H](C)CO)C(C(=O)N(CC=C)c3ccc(Cl)cc3)C23CC[C@]1(CC)O3. The molecule has 0 radical (unpaired) electrons. The van der Waals surface area contributed by atoms with Crippen LogP contribution in [0.3, 0.4) is 0 Å². The van der Waals surface area contributed by atoms with Gasteiger partial charge in [-0.3, -0.25) is 14.4 Å². The lowest BCUT2D eigenvalue weighted by atomic mass is 9.65. The zero-order valence-electron chi connectivity index (χ0n) is 21.4. The molecule has 3 heterocycles. The average Bonchev–Trinajstić information content (AvgIpc) is 3.51. The molecule has 4 rings (SSSR count). The first-order chi connectivity index (χ1) is 17.7. The standard InChI is InChI=1S/C28H35ClN2O6/c1-5-8-16-36-26(35)22-21-24(33)31(18(4)17-32)23(28(21)14-13-27(22,7-3)37-28)25(34)30(15-6-2)20-11-9-19(29)10-12-20/h5-6,9-12,18,21-23,32H,1-2,7-8,13-17H2,3-4H3/t18-,21+,22-,23?,27+,28?/m1/s1. The number of hydrogen-bond acceptors (Lipinski definition) is 6. The van der Waals surface area contributed by atoms with Gasteiger partial charge in [0.1, 0.15) is 17.6 Å². The number of amides is 2. The number of hydrogen-bond donors (Lipinski definition) is 1. The molecule has 1 spiro atoms. The van der Waals surface area contributed by atoms with E-state index >= 15 is 0 Å². The summed E-state index contributed by atoms with van der Waals surface area (Å²) in [5.74, 6) is -2.93. The number of halogens is 1. The Labute approximate surface area is 222 Å². The van der Waals surface area contributed by atoms with Gasteiger partial charge in [0.15, 0.2) is 0 Å². The fourth-order valence-corrected chi connectivity index (χ4v) is 6.54. The van der Waals surface area contributed by atoms with Crippen molar-refractivity contribution in [3.05, 3.63) is 54.6 Å². The van der Waals surface area contributed by atoms with Gasteiger partial charge in [-0.2, -0.15) is 0 Å². The minimum Gasteiger partial charge on any atom is -0.465 e. The lowest BCUT2D eigenvalue weighted by Crippen LogP contribution is -2.58. The van der Waals surface area contributed by atoms with E-state index in [1.54, 1.807) is 48.2 Å². The van der Waals surface area contributed by atoms with Crippen molar-refractivity contribution in [1.82, 2.24) is 4.90 Å². The van der Waals surface area contributed by atoms with Crippen molar-refractivity contribution in [3.8, 4) is 0 Å². The van der Waals surface area contributed by atoms with Crippen LogP contribution in [0.4, 0.5) is 5.69 Å². The summed E-state index contributed by atoms with van der Waals surface area (Å²) in [5.41, 5.74) is -1.50. The van der Waals surface area contributed by atoms with Gasteiger partial charge in [-0.05, 0) is 56.9 Å². The molecule has 2 amide bonds. The van der Waals surface area contributed by atoms with E-state index in [-0.39, 0.29) is 31.6 Å². The molecule has 37 heavy (non-hydrogen) atoms. The quantitative estimate of drug-likeness (QED) is 0.267. The van der Waals surface area contributed by atoms with Crippen molar-refractivity contribution in [2.45, 2.75) is 62.8 Å². The fraction of sp³-hybridized carbons (Fsp3) is 0.536. The van der Waals surface area contributed by atoms with Gasteiger partial charge in [0.05, 0.1) is 30.8 Å². The number of esters is 1. The van der Waals surface area contributed by atoms with Crippen molar-refractivity contribution in [2.75, 3.05) is 24.7 Å². The molecule has 8 nitrogen and oxygen atoms in total. The van der Waals surface area contributed by atoms with Gasteiger partial charge in [-0.1, -0.05) is 30.7 Å². The Morgan fingerprint density at radius 3 is 2.59 bits per heavy atom. The summed E-state index contributed by atoms with van der Waals surface area (Å²) in [6.07, 6.45) is 5.24. The Balaban J connectivity index is 1.80. The molecule has 3 saturated heterocycles. The number of rotatable bonds is 11. The van der Waals surface area contributed by atoms with Crippen LogP contribution in [-0.2, 0) is 23.9 Å². The summed E-state index contributed by atoms with van der Waals surface area (Å²) in [6.45, 7) is 11.1. The Morgan fingerprint density at radius 2 is 2.00 bits per heavy atom. The smallest absolute Gasteiger partial charge is 0.312 e. The normalized spacial score (nSPS) is 30.6. The van der Waals surface area contributed by atoms with E-state index in [0.717, 1.165) is 0 Å². The van der Waals surface area contributed by atoms with Crippen LogP contribution in [0.15, 0.2) is 49.6 Å². The van der Waals surface area contributed by atoms with Gasteiger partial charge in [-0.25, -0.2) is 0 Å². The maximum atomic E-state index is 14.4. The maximum absolute atomic E-state index is 14.4. The summed E-state index contributed by atoms with van der Waals surface area (Å²) in [4.78, 5) is 44.8. The molecular weight excluding hydrogens is 496 g/mol. The molecule has 9 heteroatoms. The number of aliphatic hydroxyl groups is 1. The van der Waals surface area contributed by atoms with Crippen LogP contribution < -0.4 is 4.90 Å². The van der Waals surface area contributed by atoms with Gasteiger partial charge in [0.2, 0.25) is 5.91 Å². The van der Waals surface area contributed by atoms with Crippen LogP contribution in [0, 0.1) is 11.8 Å². The number of ether oxygens (including phenoxy) is 2. The molecule has 3 fully saturated rings. The Morgan fingerprint density at radius 1 is 1.30 bits per heavy atom. The fourth-order valence-electron chi connectivity index (χ4n) is 6.41. The second-order valence-electron chi connectivity index (χ2n) is 10.1. The highest BCUT2D eigenvalue weighted by Gasteiger charge is 2.79. The topological polar surface area (TPSA) is 96.4 Å². The second kappa shape index (κ2) is 10.6. The lowest BCUT2D eigenvalue weighted by Gasteiger charge is -2.38. The molecule has 2 unspecified atom stereocenters. The van der Waals surface area contributed by atoms with Crippen LogP contribution >= 0.6 is 11.6 Å². The molecule has 2 bridgehead atoms. The van der Waals surface area contributed by atoms with Crippen molar-refractivity contribution >= 4 is 35.1 Å². The van der Waals surface area contributed by atoms with Crippen LogP contribution in [0.2, 0.25) is 5.02 Å². The van der Waals surface area contributed by atoms with E-state index < -0.39 is 41.1 Å². The third-order valence-corrected chi connectivity index (χ3v) is 8.38. The predicted molar refractivity (Wildman–Crippen MR) is 140 cm³/mol. The molecule has 200 valence electrons. The number of benzene rings is 1. The summed E-state index contributed by atoms with van der Waals surface area (Å²) in [5, 5.41) is 10.6. The van der Waals surface area contributed by atoms with Crippen LogP contribution in [0.25, 0.3) is 0 Å². The highest BCUT2D eigenvalue weighted by Crippen LogP contribution is 2.64. The monoisotopic (exact) mass is 530 g/mol. The van der Waals surface area contributed by atoms with Gasteiger partial charge in [-0.15, -0.1) is 13.2 Å². The van der Waals surface area contributed by atoms with Gasteiger partial charge in [0.25, 0.3) is 5.91 Å². The van der Waals surface area contributed by atoms with Crippen molar-refractivity contribution < 1.29 is 29.0 Å². The number of fused-ring (bicyclic) bond motifs is 1. The largest absolute Gasteiger partial charge is 0.465 e. The third-order valence-electron chi connectivity index (χ3n) is 8.13. The minimum absolute atomic E-state index is 0.162. The molecule has 3 aliphatic heterocycles. The van der Waals surface area contributed by atoms with Crippen LogP contribution in [-0.4, -0.2) is 70.8 Å². The molecule has 6 atom stereocenters. The average molecular weight is 531 g/mol.